The lowest BCUT2D eigenvalue weighted by molar-refractivity contribution is 0.0717. The summed E-state index contributed by atoms with van der Waals surface area (Å²) in [6, 6.07) is 4.87. The van der Waals surface area contributed by atoms with Gasteiger partial charge in [0.15, 0.2) is 0 Å². The zero-order chi connectivity index (χ0) is 20.1. The monoisotopic (exact) mass is 426 g/mol. The summed E-state index contributed by atoms with van der Waals surface area (Å²) in [5.74, 6) is -0.129. The molecule has 2 aliphatic rings. The molecule has 0 atom stereocenters. The molecule has 1 aromatic carbocycles. The van der Waals surface area contributed by atoms with Crippen LogP contribution in [0.2, 0.25) is 5.02 Å². The van der Waals surface area contributed by atoms with Gasteiger partial charge >= 0.3 is 0 Å². The number of hydrogen-bond donors (Lipinski definition) is 0. The van der Waals surface area contributed by atoms with E-state index in [2.05, 4.69) is 0 Å². The smallest absolute Gasteiger partial charge is 0.253 e. The number of carbonyl (C=O) groups excluding carboxylic acids is 1. The Morgan fingerprint density at radius 2 is 1.57 bits per heavy atom. The van der Waals surface area contributed by atoms with E-state index >= 15 is 0 Å². The molecule has 0 spiro atoms. The van der Waals surface area contributed by atoms with Gasteiger partial charge in [-0.2, -0.15) is 4.31 Å². The first-order chi connectivity index (χ1) is 13.4. The van der Waals surface area contributed by atoms with Crippen LogP contribution in [-0.4, -0.2) is 49.7 Å². The molecule has 1 saturated heterocycles. The Hall–Kier alpha value is -1.11. The van der Waals surface area contributed by atoms with Crippen LogP contribution in [0, 0.1) is 0 Å². The topological polar surface area (TPSA) is 57.7 Å². The molecule has 1 aromatic rings. The molecule has 1 aliphatic carbocycles. The lowest BCUT2D eigenvalue weighted by Crippen LogP contribution is -2.37. The van der Waals surface area contributed by atoms with Crippen LogP contribution in [0.4, 0.5) is 0 Å². The van der Waals surface area contributed by atoms with Crippen molar-refractivity contribution in [2.24, 2.45) is 0 Å². The van der Waals surface area contributed by atoms with Crippen molar-refractivity contribution in [3.63, 3.8) is 0 Å². The zero-order valence-corrected chi connectivity index (χ0v) is 18.3. The standard InChI is InChI=1S/C21H31ClN2O3S/c1-23(18-10-6-2-3-7-11-18)21(25)17-12-13-19(22)20(16-17)28(26,27)24-14-8-4-5-9-15-24/h12-13,16,18H,2-11,14-15H2,1H3. The van der Waals surface area contributed by atoms with Gasteiger partial charge in [-0.05, 0) is 43.9 Å². The number of rotatable bonds is 4. The molecule has 0 aromatic heterocycles. The first-order valence-corrected chi connectivity index (χ1v) is 12.3. The highest BCUT2D eigenvalue weighted by atomic mass is 35.5. The summed E-state index contributed by atoms with van der Waals surface area (Å²) in [6.45, 7) is 1.03. The summed E-state index contributed by atoms with van der Waals surface area (Å²) in [5, 5.41) is 0.179. The minimum Gasteiger partial charge on any atom is -0.339 e. The average Bonchev–Trinajstić information content (AvgIpc) is 3.12. The van der Waals surface area contributed by atoms with Crippen LogP contribution in [-0.2, 0) is 10.0 Å². The molecule has 1 aliphatic heterocycles. The van der Waals surface area contributed by atoms with E-state index in [9.17, 15) is 13.2 Å². The van der Waals surface area contributed by atoms with Crippen molar-refractivity contribution in [1.82, 2.24) is 9.21 Å². The molecule has 3 rings (SSSR count). The van der Waals surface area contributed by atoms with Crippen LogP contribution in [0.5, 0.6) is 0 Å². The molecule has 1 saturated carbocycles. The lowest BCUT2D eigenvalue weighted by atomic mass is 10.1. The lowest BCUT2D eigenvalue weighted by Gasteiger charge is -2.27. The number of hydrogen-bond acceptors (Lipinski definition) is 3. The molecular weight excluding hydrogens is 396 g/mol. The molecule has 1 heterocycles. The normalized spacial score (nSPS) is 20.4. The molecule has 1 amide bonds. The van der Waals surface area contributed by atoms with Crippen molar-refractivity contribution in [3.05, 3.63) is 28.8 Å². The van der Waals surface area contributed by atoms with Crippen molar-refractivity contribution in [2.75, 3.05) is 20.1 Å². The average molecular weight is 427 g/mol. The number of sulfonamides is 1. The van der Waals surface area contributed by atoms with Crippen LogP contribution in [0.25, 0.3) is 0 Å². The molecule has 0 N–H and O–H groups in total. The second-order valence-corrected chi connectivity index (χ2v) is 10.3. The molecule has 156 valence electrons. The fourth-order valence-electron chi connectivity index (χ4n) is 4.27. The van der Waals surface area contributed by atoms with Gasteiger partial charge in [-0.15, -0.1) is 0 Å². The van der Waals surface area contributed by atoms with Crippen LogP contribution in [0.15, 0.2) is 23.1 Å². The summed E-state index contributed by atoms with van der Waals surface area (Å²) in [7, 11) is -1.87. The minimum atomic E-state index is -3.70. The molecule has 28 heavy (non-hydrogen) atoms. The Balaban J connectivity index is 1.84. The maximum absolute atomic E-state index is 13.2. The Kier molecular flexibility index (Phi) is 7.40. The highest BCUT2D eigenvalue weighted by molar-refractivity contribution is 7.89. The number of amides is 1. The van der Waals surface area contributed by atoms with Gasteiger partial charge in [0.2, 0.25) is 10.0 Å². The predicted octanol–water partition coefficient (Wildman–Crippen LogP) is 4.70. The van der Waals surface area contributed by atoms with Crippen molar-refractivity contribution in [2.45, 2.75) is 75.1 Å². The van der Waals surface area contributed by atoms with E-state index in [4.69, 9.17) is 11.6 Å². The SMILES string of the molecule is CN(C(=O)c1ccc(Cl)c(S(=O)(=O)N2CCCCCC2)c1)C1CCCCCC1. The summed E-state index contributed by atoms with van der Waals surface area (Å²) < 4.78 is 27.9. The van der Waals surface area contributed by atoms with Crippen LogP contribution >= 0.6 is 11.6 Å². The van der Waals surface area contributed by atoms with Crippen LogP contribution in [0.3, 0.4) is 0 Å². The number of carbonyl (C=O) groups is 1. The summed E-state index contributed by atoms with van der Waals surface area (Å²) in [4.78, 5) is 14.9. The largest absolute Gasteiger partial charge is 0.339 e. The molecule has 5 nitrogen and oxygen atoms in total. The van der Waals surface area contributed by atoms with Crippen molar-refractivity contribution in [1.29, 1.82) is 0 Å². The fraction of sp³-hybridized carbons (Fsp3) is 0.667. The van der Waals surface area contributed by atoms with Crippen LogP contribution in [0.1, 0.15) is 74.6 Å². The van der Waals surface area contributed by atoms with E-state index in [1.165, 1.54) is 23.2 Å². The van der Waals surface area contributed by atoms with Gasteiger partial charge in [-0.3, -0.25) is 4.79 Å². The van der Waals surface area contributed by atoms with Crippen molar-refractivity contribution >= 4 is 27.5 Å². The van der Waals surface area contributed by atoms with E-state index in [0.717, 1.165) is 51.4 Å². The van der Waals surface area contributed by atoms with E-state index in [0.29, 0.717) is 18.7 Å². The molecular formula is C21H31ClN2O3S. The number of benzene rings is 1. The van der Waals surface area contributed by atoms with Gasteiger partial charge in [0.1, 0.15) is 4.90 Å². The van der Waals surface area contributed by atoms with E-state index in [-0.39, 0.29) is 21.9 Å². The highest BCUT2D eigenvalue weighted by Crippen LogP contribution is 2.29. The second-order valence-electron chi connectivity index (χ2n) is 8.02. The Labute approximate surface area is 174 Å². The van der Waals surface area contributed by atoms with Gasteiger partial charge < -0.3 is 4.90 Å². The predicted molar refractivity (Wildman–Crippen MR) is 112 cm³/mol. The molecule has 0 radical (unpaired) electrons. The first-order valence-electron chi connectivity index (χ1n) is 10.5. The second kappa shape index (κ2) is 9.59. The number of nitrogens with zero attached hydrogens (tertiary/aromatic N) is 2. The maximum atomic E-state index is 13.2. The summed E-state index contributed by atoms with van der Waals surface area (Å²) in [5.41, 5.74) is 0.393. The minimum absolute atomic E-state index is 0.0520. The zero-order valence-electron chi connectivity index (χ0n) is 16.7. The van der Waals surface area contributed by atoms with Gasteiger partial charge in [0.05, 0.1) is 5.02 Å². The van der Waals surface area contributed by atoms with Crippen molar-refractivity contribution < 1.29 is 13.2 Å². The van der Waals surface area contributed by atoms with Gasteiger partial charge in [0, 0.05) is 31.7 Å². The summed E-state index contributed by atoms with van der Waals surface area (Å²) in [6.07, 6.45) is 10.5. The molecule has 0 unspecified atom stereocenters. The van der Waals surface area contributed by atoms with E-state index in [1.54, 1.807) is 17.0 Å². The maximum Gasteiger partial charge on any atom is 0.253 e. The Morgan fingerprint density at radius 3 is 2.18 bits per heavy atom. The Bertz CT molecular complexity index is 781. The van der Waals surface area contributed by atoms with E-state index < -0.39 is 10.0 Å². The third-order valence-electron chi connectivity index (χ3n) is 6.05. The van der Waals surface area contributed by atoms with Gasteiger partial charge in [-0.1, -0.05) is 50.1 Å². The fourth-order valence-corrected chi connectivity index (χ4v) is 6.29. The third kappa shape index (κ3) is 4.89. The molecule has 2 fully saturated rings. The third-order valence-corrected chi connectivity index (χ3v) is 8.43. The molecule has 0 bridgehead atoms. The van der Waals surface area contributed by atoms with Crippen LogP contribution < -0.4 is 0 Å². The summed E-state index contributed by atoms with van der Waals surface area (Å²) >= 11 is 6.26. The van der Waals surface area contributed by atoms with Gasteiger partial charge in [-0.25, -0.2) is 8.42 Å². The molecule has 7 heteroatoms. The van der Waals surface area contributed by atoms with E-state index in [1.807, 2.05) is 7.05 Å². The van der Waals surface area contributed by atoms with Gasteiger partial charge in [0.25, 0.3) is 5.91 Å². The highest BCUT2D eigenvalue weighted by Gasteiger charge is 2.29. The Morgan fingerprint density at radius 1 is 1.00 bits per heavy atom. The quantitative estimate of drug-likeness (QED) is 0.655. The number of halogens is 1. The first kappa shape index (κ1) is 21.6. The van der Waals surface area contributed by atoms with Crippen molar-refractivity contribution in [3.8, 4) is 0 Å².